The van der Waals surface area contributed by atoms with E-state index in [0.29, 0.717) is 12.1 Å². The molecule has 4 heteroatoms. The van der Waals surface area contributed by atoms with Crippen molar-refractivity contribution in [2.24, 2.45) is 0 Å². The molecule has 2 N–H and O–H groups in total. The van der Waals surface area contributed by atoms with E-state index in [1.165, 1.54) is 12.8 Å². The van der Waals surface area contributed by atoms with Gasteiger partial charge in [0.15, 0.2) is 0 Å². The Kier molecular flexibility index (Phi) is 1.70. The Balaban J connectivity index is 2.11. The third-order valence-corrected chi connectivity index (χ3v) is 3.22. The Morgan fingerprint density at radius 3 is 3.29 bits per heavy atom. The Morgan fingerprint density at radius 1 is 1.43 bits per heavy atom. The maximum Gasteiger partial charge on any atom is 0.264 e. The van der Waals surface area contributed by atoms with Crippen LogP contribution in [0, 0.1) is 0 Å². The zero-order valence-corrected chi connectivity index (χ0v) is 7.92. The molecule has 0 amide bonds. The fraction of sp³-hybridized carbons (Fsp3) is 0.600. The van der Waals surface area contributed by atoms with Gasteiger partial charge in [0.1, 0.15) is 0 Å². The van der Waals surface area contributed by atoms with Crippen molar-refractivity contribution in [2.45, 2.75) is 37.8 Å². The third kappa shape index (κ3) is 1.18. The standard InChI is InChI=1S/C10H13N3O/c14-10-5-7-8-3-1-2-6(11-8)4-9(7)12-13-10/h5-6,8,11H,1-4H2,(H,13,14). The molecule has 1 fully saturated rings. The van der Waals surface area contributed by atoms with E-state index in [9.17, 15) is 4.79 Å². The number of aromatic nitrogens is 2. The van der Waals surface area contributed by atoms with Crippen LogP contribution < -0.4 is 10.9 Å². The Morgan fingerprint density at radius 2 is 2.36 bits per heavy atom. The Hall–Kier alpha value is -1.16. The van der Waals surface area contributed by atoms with E-state index in [4.69, 9.17) is 0 Å². The van der Waals surface area contributed by atoms with Gasteiger partial charge in [-0.3, -0.25) is 4.79 Å². The molecule has 1 aromatic heterocycles. The van der Waals surface area contributed by atoms with E-state index < -0.39 is 0 Å². The zero-order chi connectivity index (χ0) is 9.54. The van der Waals surface area contributed by atoms with Gasteiger partial charge in [0.05, 0.1) is 5.69 Å². The molecule has 0 saturated carbocycles. The molecule has 2 aliphatic rings. The summed E-state index contributed by atoms with van der Waals surface area (Å²) in [6.45, 7) is 0. The predicted molar refractivity (Wildman–Crippen MR) is 52.1 cm³/mol. The summed E-state index contributed by atoms with van der Waals surface area (Å²) >= 11 is 0. The quantitative estimate of drug-likeness (QED) is 0.628. The molecule has 2 unspecified atom stereocenters. The highest BCUT2D eigenvalue weighted by Gasteiger charge is 2.30. The highest BCUT2D eigenvalue weighted by Crippen LogP contribution is 2.32. The molecule has 1 saturated heterocycles. The summed E-state index contributed by atoms with van der Waals surface area (Å²) in [5.74, 6) is 0. The highest BCUT2D eigenvalue weighted by atomic mass is 16.1. The number of aromatic amines is 1. The molecule has 3 rings (SSSR count). The number of hydrogen-bond acceptors (Lipinski definition) is 3. The minimum atomic E-state index is -0.0884. The molecule has 2 aliphatic heterocycles. The Bertz CT molecular complexity index is 412. The summed E-state index contributed by atoms with van der Waals surface area (Å²) in [6, 6.07) is 2.63. The first-order valence-electron chi connectivity index (χ1n) is 5.17. The first-order valence-corrected chi connectivity index (χ1v) is 5.17. The molecular formula is C10H13N3O. The maximum absolute atomic E-state index is 11.2. The molecule has 3 heterocycles. The van der Waals surface area contributed by atoms with Crippen molar-refractivity contribution < 1.29 is 0 Å². The molecule has 14 heavy (non-hydrogen) atoms. The summed E-state index contributed by atoms with van der Waals surface area (Å²) in [5, 5.41) is 10.2. The molecule has 0 spiro atoms. The number of piperidine rings is 1. The summed E-state index contributed by atoms with van der Waals surface area (Å²) in [4.78, 5) is 11.2. The lowest BCUT2D eigenvalue weighted by Gasteiger charge is -2.36. The van der Waals surface area contributed by atoms with E-state index in [1.807, 2.05) is 0 Å². The van der Waals surface area contributed by atoms with Crippen LogP contribution in [-0.4, -0.2) is 16.2 Å². The molecule has 0 aromatic carbocycles. The second-order valence-corrected chi connectivity index (χ2v) is 4.19. The topological polar surface area (TPSA) is 57.8 Å². The van der Waals surface area contributed by atoms with Crippen LogP contribution in [0.3, 0.4) is 0 Å². The lowest BCUT2D eigenvalue weighted by Crippen LogP contribution is -2.43. The first kappa shape index (κ1) is 8.17. The first-order chi connectivity index (χ1) is 6.83. The molecule has 2 atom stereocenters. The molecule has 2 bridgehead atoms. The van der Waals surface area contributed by atoms with E-state index in [-0.39, 0.29) is 5.56 Å². The molecule has 0 aliphatic carbocycles. The average Bonchev–Trinajstić information content (AvgIpc) is 2.20. The highest BCUT2D eigenvalue weighted by molar-refractivity contribution is 5.26. The van der Waals surface area contributed by atoms with Crippen LogP contribution in [0.15, 0.2) is 10.9 Å². The minimum Gasteiger partial charge on any atom is -0.307 e. The fourth-order valence-electron chi connectivity index (χ4n) is 2.57. The molecule has 1 aromatic rings. The van der Waals surface area contributed by atoms with Crippen LogP contribution in [0.25, 0.3) is 0 Å². The van der Waals surface area contributed by atoms with Gasteiger partial charge in [-0.15, -0.1) is 0 Å². The van der Waals surface area contributed by atoms with E-state index in [1.54, 1.807) is 6.07 Å². The molecule has 4 nitrogen and oxygen atoms in total. The van der Waals surface area contributed by atoms with Crippen LogP contribution in [-0.2, 0) is 6.42 Å². The third-order valence-electron chi connectivity index (χ3n) is 3.22. The van der Waals surface area contributed by atoms with Crippen molar-refractivity contribution in [3.8, 4) is 0 Å². The summed E-state index contributed by atoms with van der Waals surface area (Å²) in [7, 11) is 0. The summed E-state index contributed by atoms with van der Waals surface area (Å²) in [6.07, 6.45) is 4.59. The van der Waals surface area contributed by atoms with E-state index >= 15 is 0 Å². The second kappa shape index (κ2) is 2.92. The normalized spacial score (nSPS) is 29.7. The SMILES string of the molecule is O=c1cc2c(n[nH]1)CC1CCCC2N1. The lowest BCUT2D eigenvalue weighted by molar-refractivity contribution is 0.297. The largest absolute Gasteiger partial charge is 0.307 e. The maximum atomic E-state index is 11.2. The minimum absolute atomic E-state index is 0.0884. The number of nitrogens with one attached hydrogen (secondary N) is 2. The number of hydrogen-bond donors (Lipinski definition) is 2. The van der Waals surface area contributed by atoms with Gasteiger partial charge in [0, 0.05) is 24.6 Å². The van der Waals surface area contributed by atoms with Crippen LogP contribution in [0.5, 0.6) is 0 Å². The van der Waals surface area contributed by atoms with Crippen molar-refractivity contribution >= 4 is 0 Å². The Labute approximate surface area is 81.7 Å². The van der Waals surface area contributed by atoms with Crippen LogP contribution in [0.2, 0.25) is 0 Å². The lowest BCUT2D eigenvalue weighted by atomic mass is 9.85. The van der Waals surface area contributed by atoms with Crippen LogP contribution in [0.4, 0.5) is 0 Å². The van der Waals surface area contributed by atoms with E-state index in [2.05, 4.69) is 15.5 Å². The van der Waals surface area contributed by atoms with Crippen molar-refractivity contribution in [1.82, 2.24) is 15.5 Å². The number of rotatable bonds is 0. The molecular weight excluding hydrogens is 178 g/mol. The van der Waals surface area contributed by atoms with Gasteiger partial charge in [0.2, 0.25) is 0 Å². The van der Waals surface area contributed by atoms with Gasteiger partial charge in [-0.25, -0.2) is 5.10 Å². The van der Waals surface area contributed by atoms with Gasteiger partial charge >= 0.3 is 0 Å². The summed E-state index contributed by atoms with van der Waals surface area (Å²) < 4.78 is 0. The smallest absolute Gasteiger partial charge is 0.264 e. The summed E-state index contributed by atoms with van der Waals surface area (Å²) in [5.41, 5.74) is 2.11. The van der Waals surface area contributed by atoms with Crippen molar-refractivity contribution in [3.05, 3.63) is 27.7 Å². The van der Waals surface area contributed by atoms with Crippen LogP contribution >= 0.6 is 0 Å². The monoisotopic (exact) mass is 191 g/mol. The van der Waals surface area contributed by atoms with Crippen molar-refractivity contribution in [3.63, 3.8) is 0 Å². The van der Waals surface area contributed by atoms with Gasteiger partial charge in [-0.05, 0) is 24.8 Å². The van der Waals surface area contributed by atoms with Crippen molar-refractivity contribution in [1.29, 1.82) is 0 Å². The van der Waals surface area contributed by atoms with Gasteiger partial charge < -0.3 is 5.32 Å². The number of H-pyrrole nitrogens is 1. The number of fused-ring (bicyclic) bond motifs is 4. The second-order valence-electron chi connectivity index (χ2n) is 4.19. The average molecular weight is 191 g/mol. The van der Waals surface area contributed by atoms with Gasteiger partial charge in [0.25, 0.3) is 5.56 Å². The van der Waals surface area contributed by atoms with Crippen molar-refractivity contribution in [2.75, 3.05) is 0 Å². The zero-order valence-electron chi connectivity index (χ0n) is 7.92. The molecule has 0 radical (unpaired) electrons. The molecule has 74 valence electrons. The van der Waals surface area contributed by atoms with Gasteiger partial charge in [-0.2, -0.15) is 5.10 Å². The number of nitrogens with zero attached hydrogens (tertiary/aromatic N) is 1. The predicted octanol–water partition coefficient (Wildman–Crippen LogP) is 0.509. The van der Waals surface area contributed by atoms with E-state index in [0.717, 1.165) is 24.1 Å². The van der Waals surface area contributed by atoms with Crippen LogP contribution in [0.1, 0.15) is 36.6 Å². The van der Waals surface area contributed by atoms with Gasteiger partial charge in [-0.1, -0.05) is 0 Å². The fourth-order valence-corrected chi connectivity index (χ4v) is 2.57.